The molecule has 2 aromatic rings. The Labute approximate surface area is 166 Å². The molecule has 3 rings (SSSR count). The Morgan fingerprint density at radius 3 is 2.52 bits per heavy atom. The zero-order valence-corrected chi connectivity index (χ0v) is 16.7. The number of carbonyl (C=O) groups excluding carboxylic acids is 3. The van der Waals surface area contributed by atoms with E-state index >= 15 is 0 Å². The SMILES string of the molecule is CC(=O)N(C)c1ccc(NC(=O)C2CCN(c3cccc(Br)c3)C2=O)cc1. The Hall–Kier alpha value is -2.67. The molecule has 0 aliphatic carbocycles. The van der Waals surface area contributed by atoms with E-state index in [2.05, 4.69) is 21.2 Å². The number of amides is 3. The topological polar surface area (TPSA) is 69.7 Å². The number of nitrogens with one attached hydrogen (secondary N) is 1. The lowest BCUT2D eigenvalue weighted by atomic mass is 10.1. The number of benzene rings is 2. The lowest BCUT2D eigenvalue weighted by Gasteiger charge is -2.17. The highest BCUT2D eigenvalue weighted by Gasteiger charge is 2.37. The number of hydrogen-bond acceptors (Lipinski definition) is 3. The average molecular weight is 430 g/mol. The number of rotatable bonds is 4. The van der Waals surface area contributed by atoms with Crippen LogP contribution in [0.4, 0.5) is 17.1 Å². The molecule has 1 saturated heterocycles. The van der Waals surface area contributed by atoms with Crippen LogP contribution in [0.15, 0.2) is 53.0 Å². The maximum atomic E-state index is 12.7. The van der Waals surface area contributed by atoms with E-state index in [1.54, 1.807) is 36.2 Å². The number of anilines is 3. The maximum absolute atomic E-state index is 12.7. The molecule has 3 amide bonds. The lowest BCUT2D eigenvalue weighted by Crippen LogP contribution is -2.33. The average Bonchev–Trinajstić information content (AvgIpc) is 3.03. The van der Waals surface area contributed by atoms with Crippen molar-refractivity contribution in [3.8, 4) is 0 Å². The zero-order chi connectivity index (χ0) is 19.6. The van der Waals surface area contributed by atoms with Crippen LogP contribution in [0.25, 0.3) is 0 Å². The standard InChI is InChI=1S/C20H20BrN3O3/c1-13(25)23(2)16-8-6-15(7-9-16)22-19(26)18-10-11-24(20(18)27)17-5-3-4-14(21)12-17/h3-9,12,18H,10-11H2,1-2H3,(H,22,26). The zero-order valence-electron chi connectivity index (χ0n) is 15.1. The smallest absolute Gasteiger partial charge is 0.239 e. The second kappa shape index (κ2) is 7.92. The lowest BCUT2D eigenvalue weighted by molar-refractivity contribution is -0.129. The van der Waals surface area contributed by atoms with Crippen LogP contribution in [0.5, 0.6) is 0 Å². The van der Waals surface area contributed by atoms with Crippen molar-refractivity contribution in [2.24, 2.45) is 5.92 Å². The highest BCUT2D eigenvalue weighted by Crippen LogP contribution is 2.28. The van der Waals surface area contributed by atoms with Gasteiger partial charge in [0.25, 0.3) is 0 Å². The molecule has 1 atom stereocenters. The minimum absolute atomic E-state index is 0.0732. The molecule has 27 heavy (non-hydrogen) atoms. The second-order valence-electron chi connectivity index (χ2n) is 6.43. The predicted octanol–water partition coefficient (Wildman–Crippen LogP) is 3.42. The molecule has 1 fully saturated rings. The van der Waals surface area contributed by atoms with Crippen LogP contribution in [0, 0.1) is 5.92 Å². The molecule has 0 saturated carbocycles. The van der Waals surface area contributed by atoms with Gasteiger partial charge in [0.2, 0.25) is 17.7 Å². The minimum atomic E-state index is -0.705. The highest BCUT2D eigenvalue weighted by atomic mass is 79.9. The van der Waals surface area contributed by atoms with Gasteiger partial charge in [-0.15, -0.1) is 0 Å². The van der Waals surface area contributed by atoms with Gasteiger partial charge in [-0.25, -0.2) is 0 Å². The Kier molecular flexibility index (Phi) is 5.60. The van der Waals surface area contributed by atoms with E-state index in [9.17, 15) is 14.4 Å². The molecule has 1 aliphatic rings. The first-order chi connectivity index (χ1) is 12.9. The fourth-order valence-corrected chi connectivity index (χ4v) is 3.39. The van der Waals surface area contributed by atoms with Crippen LogP contribution in [0.3, 0.4) is 0 Å². The van der Waals surface area contributed by atoms with E-state index in [-0.39, 0.29) is 17.7 Å². The molecule has 0 bridgehead atoms. The third-order valence-corrected chi connectivity index (χ3v) is 5.13. The van der Waals surface area contributed by atoms with Crippen molar-refractivity contribution in [2.45, 2.75) is 13.3 Å². The van der Waals surface area contributed by atoms with Gasteiger partial charge in [0.15, 0.2) is 0 Å². The summed E-state index contributed by atoms with van der Waals surface area (Å²) >= 11 is 3.40. The molecule has 1 N–H and O–H groups in total. The molecule has 0 aromatic heterocycles. The van der Waals surface area contributed by atoms with Crippen LogP contribution in [0.1, 0.15) is 13.3 Å². The van der Waals surface area contributed by atoms with E-state index in [4.69, 9.17) is 0 Å². The summed E-state index contributed by atoms with van der Waals surface area (Å²) in [7, 11) is 1.68. The molecular formula is C20H20BrN3O3. The van der Waals surface area contributed by atoms with Crippen LogP contribution >= 0.6 is 15.9 Å². The van der Waals surface area contributed by atoms with Gasteiger partial charge in [0.1, 0.15) is 5.92 Å². The fourth-order valence-electron chi connectivity index (χ4n) is 3.00. The van der Waals surface area contributed by atoms with Gasteiger partial charge in [-0.3, -0.25) is 14.4 Å². The molecule has 1 heterocycles. The Balaban J connectivity index is 1.66. The van der Waals surface area contributed by atoms with Crippen molar-refractivity contribution in [3.05, 3.63) is 53.0 Å². The second-order valence-corrected chi connectivity index (χ2v) is 7.34. The van der Waals surface area contributed by atoms with Crippen molar-refractivity contribution in [2.75, 3.05) is 28.7 Å². The summed E-state index contributed by atoms with van der Waals surface area (Å²) in [6.07, 6.45) is 0.475. The van der Waals surface area contributed by atoms with Crippen LogP contribution in [-0.2, 0) is 14.4 Å². The van der Waals surface area contributed by atoms with E-state index in [0.29, 0.717) is 18.7 Å². The van der Waals surface area contributed by atoms with Gasteiger partial charge in [0.05, 0.1) is 0 Å². The molecule has 140 valence electrons. The van der Waals surface area contributed by atoms with Gasteiger partial charge in [0, 0.05) is 42.1 Å². The predicted molar refractivity (Wildman–Crippen MR) is 109 cm³/mol. The van der Waals surface area contributed by atoms with Crippen molar-refractivity contribution in [3.63, 3.8) is 0 Å². The van der Waals surface area contributed by atoms with Crippen LogP contribution in [-0.4, -0.2) is 31.3 Å². The first-order valence-electron chi connectivity index (χ1n) is 8.59. The first-order valence-corrected chi connectivity index (χ1v) is 9.38. The Morgan fingerprint density at radius 2 is 1.89 bits per heavy atom. The molecule has 0 radical (unpaired) electrons. The number of halogens is 1. The highest BCUT2D eigenvalue weighted by molar-refractivity contribution is 9.10. The monoisotopic (exact) mass is 429 g/mol. The molecule has 2 aromatic carbocycles. The van der Waals surface area contributed by atoms with E-state index in [0.717, 1.165) is 15.8 Å². The van der Waals surface area contributed by atoms with E-state index < -0.39 is 5.92 Å². The van der Waals surface area contributed by atoms with Gasteiger partial charge in [-0.1, -0.05) is 22.0 Å². The van der Waals surface area contributed by atoms with Gasteiger partial charge >= 0.3 is 0 Å². The minimum Gasteiger partial charge on any atom is -0.325 e. The van der Waals surface area contributed by atoms with E-state index in [1.165, 1.54) is 11.8 Å². The van der Waals surface area contributed by atoms with Crippen molar-refractivity contribution >= 4 is 50.7 Å². The largest absolute Gasteiger partial charge is 0.325 e. The number of hydrogen-bond donors (Lipinski definition) is 1. The third kappa shape index (κ3) is 4.19. The fraction of sp³-hybridized carbons (Fsp3) is 0.250. The van der Waals surface area contributed by atoms with Crippen molar-refractivity contribution in [1.82, 2.24) is 0 Å². The normalized spacial score (nSPS) is 16.3. The summed E-state index contributed by atoms with van der Waals surface area (Å²) in [6.45, 7) is 1.99. The van der Waals surface area contributed by atoms with Gasteiger partial charge < -0.3 is 15.1 Å². The quantitative estimate of drug-likeness (QED) is 0.756. The molecular weight excluding hydrogens is 410 g/mol. The molecule has 0 spiro atoms. The molecule has 1 unspecified atom stereocenters. The number of nitrogens with zero attached hydrogens (tertiary/aromatic N) is 2. The summed E-state index contributed by atoms with van der Waals surface area (Å²) in [5.41, 5.74) is 2.11. The summed E-state index contributed by atoms with van der Waals surface area (Å²) < 4.78 is 0.885. The molecule has 1 aliphatic heterocycles. The summed E-state index contributed by atoms with van der Waals surface area (Å²) in [5, 5.41) is 2.79. The number of carbonyl (C=O) groups is 3. The molecule has 7 heteroatoms. The summed E-state index contributed by atoms with van der Waals surface area (Å²) in [6, 6.07) is 14.4. The Bertz CT molecular complexity index is 882. The first kappa shape index (κ1) is 19.1. The van der Waals surface area contributed by atoms with Gasteiger partial charge in [-0.05, 0) is 48.9 Å². The van der Waals surface area contributed by atoms with E-state index in [1.807, 2.05) is 24.3 Å². The summed E-state index contributed by atoms with van der Waals surface area (Å²) in [4.78, 5) is 39.8. The van der Waals surface area contributed by atoms with Crippen molar-refractivity contribution in [1.29, 1.82) is 0 Å². The van der Waals surface area contributed by atoms with Crippen LogP contribution < -0.4 is 15.1 Å². The van der Waals surface area contributed by atoms with Gasteiger partial charge in [-0.2, -0.15) is 0 Å². The molecule has 6 nitrogen and oxygen atoms in total. The Morgan fingerprint density at radius 1 is 1.19 bits per heavy atom. The van der Waals surface area contributed by atoms with Crippen molar-refractivity contribution < 1.29 is 14.4 Å². The van der Waals surface area contributed by atoms with Crippen LogP contribution in [0.2, 0.25) is 0 Å². The maximum Gasteiger partial charge on any atom is 0.239 e. The summed E-state index contributed by atoms with van der Waals surface area (Å²) in [5.74, 6) is -1.29. The third-order valence-electron chi connectivity index (χ3n) is 4.64.